The van der Waals surface area contributed by atoms with Gasteiger partial charge in [0.05, 0.1) is 0 Å². The lowest BCUT2D eigenvalue weighted by atomic mass is 9.50. The van der Waals surface area contributed by atoms with E-state index in [1.807, 2.05) is 18.2 Å². The van der Waals surface area contributed by atoms with Gasteiger partial charge in [-0.15, -0.1) is 0 Å². The SMILES string of the molecule is COC1(c2cccc(OC(C)=O)c2)OOC1C1C2CC3CC(C2)CC1C3. The van der Waals surface area contributed by atoms with Crippen molar-refractivity contribution in [3.63, 3.8) is 0 Å². The number of rotatable bonds is 4. The fourth-order valence-corrected chi connectivity index (χ4v) is 6.39. The van der Waals surface area contributed by atoms with Crippen molar-refractivity contribution in [1.82, 2.24) is 0 Å². The van der Waals surface area contributed by atoms with Gasteiger partial charge in [-0.3, -0.25) is 4.79 Å². The van der Waals surface area contributed by atoms with Crippen LogP contribution in [-0.2, 0) is 25.1 Å². The monoisotopic (exact) mass is 358 g/mol. The number of ether oxygens (including phenoxy) is 2. The van der Waals surface area contributed by atoms with Gasteiger partial charge in [0.25, 0.3) is 5.79 Å². The highest BCUT2D eigenvalue weighted by atomic mass is 17.3. The Morgan fingerprint density at radius 3 is 2.35 bits per heavy atom. The molecule has 1 heterocycles. The van der Waals surface area contributed by atoms with Crippen molar-refractivity contribution in [2.45, 2.75) is 50.9 Å². The highest BCUT2D eigenvalue weighted by Gasteiger charge is 2.63. The van der Waals surface area contributed by atoms with Crippen LogP contribution in [-0.4, -0.2) is 19.2 Å². The topological polar surface area (TPSA) is 54.0 Å². The highest BCUT2D eigenvalue weighted by molar-refractivity contribution is 5.69. The third kappa shape index (κ3) is 2.44. The number of hydrogen-bond acceptors (Lipinski definition) is 5. The summed E-state index contributed by atoms with van der Waals surface area (Å²) in [4.78, 5) is 22.6. The quantitative estimate of drug-likeness (QED) is 0.465. The molecule has 0 radical (unpaired) electrons. The summed E-state index contributed by atoms with van der Waals surface area (Å²) in [7, 11) is 1.67. The third-order valence-electron chi connectivity index (χ3n) is 7.10. The van der Waals surface area contributed by atoms with Gasteiger partial charge in [0.2, 0.25) is 0 Å². The molecule has 4 saturated carbocycles. The molecule has 1 aromatic rings. The standard InChI is InChI=1S/C21H26O5/c1-12(22)24-18-5-3-4-17(11-18)21(23-2)20(25-26-21)19-15-7-13-6-14(9-15)10-16(19)8-13/h3-5,11,13-16,19-20H,6-10H2,1-2H3. The van der Waals surface area contributed by atoms with E-state index in [9.17, 15) is 4.79 Å². The Hall–Kier alpha value is -1.43. The van der Waals surface area contributed by atoms with Gasteiger partial charge in [0.1, 0.15) is 5.75 Å². The second-order valence-corrected chi connectivity index (χ2v) is 8.60. The number of benzene rings is 1. The number of esters is 1. The van der Waals surface area contributed by atoms with E-state index in [4.69, 9.17) is 19.2 Å². The first-order valence-electron chi connectivity index (χ1n) is 9.77. The zero-order chi connectivity index (χ0) is 17.9. The molecule has 0 N–H and O–H groups in total. The van der Waals surface area contributed by atoms with Crippen molar-refractivity contribution in [2.24, 2.45) is 29.6 Å². The van der Waals surface area contributed by atoms with Gasteiger partial charge in [-0.1, -0.05) is 12.1 Å². The molecule has 26 heavy (non-hydrogen) atoms. The number of carbonyl (C=O) groups is 1. The van der Waals surface area contributed by atoms with E-state index in [0.717, 1.165) is 17.4 Å². The molecule has 0 amide bonds. The summed E-state index contributed by atoms with van der Waals surface area (Å²) in [5.41, 5.74) is 0.851. The van der Waals surface area contributed by atoms with Crippen LogP contribution in [0.5, 0.6) is 5.75 Å². The van der Waals surface area contributed by atoms with Gasteiger partial charge in [-0.2, -0.15) is 4.89 Å². The van der Waals surface area contributed by atoms with Crippen LogP contribution in [0.1, 0.15) is 44.6 Å². The van der Waals surface area contributed by atoms with Crippen molar-refractivity contribution >= 4 is 5.97 Å². The zero-order valence-corrected chi connectivity index (χ0v) is 15.4. The molecule has 1 aromatic carbocycles. The molecule has 1 aliphatic heterocycles. The molecule has 4 aliphatic carbocycles. The van der Waals surface area contributed by atoms with Crippen LogP contribution in [0, 0.1) is 29.6 Å². The molecule has 5 heteroatoms. The van der Waals surface area contributed by atoms with Crippen LogP contribution >= 0.6 is 0 Å². The van der Waals surface area contributed by atoms with Crippen LogP contribution in [0.25, 0.3) is 0 Å². The van der Waals surface area contributed by atoms with Crippen molar-refractivity contribution in [3.8, 4) is 5.75 Å². The van der Waals surface area contributed by atoms with Crippen LogP contribution in [0.4, 0.5) is 0 Å². The first kappa shape index (κ1) is 16.7. The summed E-state index contributed by atoms with van der Waals surface area (Å²) < 4.78 is 11.1. The van der Waals surface area contributed by atoms with Gasteiger partial charge < -0.3 is 9.47 Å². The Morgan fingerprint density at radius 1 is 1.12 bits per heavy atom. The lowest BCUT2D eigenvalue weighted by molar-refractivity contribution is -0.592. The van der Waals surface area contributed by atoms with Gasteiger partial charge in [-0.25, -0.2) is 4.89 Å². The lowest BCUT2D eigenvalue weighted by Gasteiger charge is -2.60. The summed E-state index contributed by atoms with van der Waals surface area (Å²) in [6, 6.07) is 7.42. The molecule has 1 saturated heterocycles. The summed E-state index contributed by atoms with van der Waals surface area (Å²) in [5.74, 6) is 3.00. The van der Waals surface area contributed by atoms with Gasteiger partial charge in [0, 0.05) is 19.6 Å². The summed E-state index contributed by atoms with van der Waals surface area (Å²) in [6.45, 7) is 1.40. The normalized spacial score (nSPS) is 43.2. The first-order chi connectivity index (χ1) is 12.6. The largest absolute Gasteiger partial charge is 0.427 e. The molecule has 2 unspecified atom stereocenters. The zero-order valence-electron chi connectivity index (χ0n) is 15.4. The molecule has 5 nitrogen and oxygen atoms in total. The minimum absolute atomic E-state index is 0.102. The Bertz CT molecular complexity index is 684. The van der Waals surface area contributed by atoms with E-state index >= 15 is 0 Å². The number of methoxy groups -OCH3 is 1. The summed E-state index contributed by atoms with van der Waals surface area (Å²) >= 11 is 0. The number of hydrogen-bond donors (Lipinski definition) is 0. The minimum Gasteiger partial charge on any atom is -0.427 e. The van der Waals surface area contributed by atoms with Crippen molar-refractivity contribution in [2.75, 3.05) is 7.11 Å². The van der Waals surface area contributed by atoms with E-state index in [1.54, 1.807) is 13.2 Å². The number of carbonyl (C=O) groups excluding carboxylic acids is 1. The predicted molar refractivity (Wildman–Crippen MR) is 92.9 cm³/mol. The second kappa shape index (κ2) is 6.04. The van der Waals surface area contributed by atoms with Crippen LogP contribution in [0.3, 0.4) is 0 Å². The predicted octanol–water partition coefficient (Wildman–Crippen LogP) is 3.81. The summed E-state index contributed by atoms with van der Waals surface area (Å²) in [6.07, 6.45) is 6.63. The molecule has 140 valence electrons. The molecule has 0 aromatic heterocycles. The van der Waals surface area contributed by atoms with E-state index in [1.165, 1.54) is 39.0 Å². The van der Waals surface area contributed by atoms with E-state index in [-0.39, 0.29) is 12.1 Å². The fourth-order valence-electron chi connectivity index (χ4n) is 6.39. The van der Waals surface area contributed by atoms with Gasteiger partial charge >= 0.3 is 5.97 Å². The van der Waals surface area contributed by atoms with Crippen molar-refractivity contribution < 1.29 is 24.0 Å². The maximum absolute atomic E-state index is 11.3. The Kier molecular flexibility index (Phi) is 3.89. The average Bonchev–Trinajstić information content (AvgIpc) is 2.57. The van der Waals surface area contributed by atoms with Gasteiger partial charge in [0.15, 0.2) is 6.10 Å². The Labute approximate surface area is 153 Å². The molecule has 5 aliphatic rings. The molecular weight excluding hydrogens is 332 g/mol. The molecule has 4 bridgehead atoms. The van der Waals surface area contributed by atoms with Crippen molar-refractivity contribution in [3.05, 3.63) is 29.8 Å². The average molecular weight is 358 g/mol. The highest BCUT2D eigenvalue weighted by Crippen LogP contribution is 2.61. The first-order valence-corrected chi connectivity index (χ1v) is 9.77. The van der Waals surface area contributed by atoms with E-state index < -0.39 is 5.79 Å². The lowest BCUT2D eigenvalue weighted by Crippen LogP contribution is -2.63. The molecule has 0 spiro atoms. The third-order valence-corrected chi connectivity index (χ3v) is 7.10. The van der Waals surface area contributed by atoms with Crippen LogP contribution < -0.4 is 4.74 Å². The molecule has 5 fully saturated rings. The van der Waals surface area contributed by atoms with Crippen LogP contribution in [0.2, 0.25) is 0 Å². The van der Waals surface area contributed by atoms with Crippen LogP contribution in [0.15, 0.2) is 24.3 Å². The van der Waals surface area contributed by atoms with E-state index in [0.29, 0.717) is 23.5 Å². The van der Waals surface area contributed by atoms with Crippen molar-refractivity contribution in [1.29, 1.82) is 0 Å². The summed E-state index contributed by atoms with van der Waals surface area (Å²) in [5, 5.41) is 0. The second-order valence-electron chi connectivity index (χ2n) is 8.60. The maximum atomic E-state index is 11.3. The molecule has 2 atom stereocenters. The Balaban J connectivity index is 1.45. The van der Waals surface area contributed by atoms with Gasteiger partial charge in [-0.05, 0) is 73.8 Å². The Morgan fingerprint density at radius 2 is 1.81 bits per heavy atom. The molecular formula is C21H26O5. The fraction of sp³-hybridized carbons (Fsp3) is 0.667. The maximum Gasteiger partial charge on any atom is 0.308 e. The van der Waals surface area contributed by atoms with E-state index in [2.05, 4.69) is 0 Å². The minimum atomic E-state index is -0.907. The molecule has 6 rings (SSSR count). The smallest absolute Gasteiger partial charge is 0.308 e.